The van der Waals surface area contributed by atoms with E-state index in [-0.39, 0.29) is 11.6 Å². The third kappa shape index (κ3) is 3.75. The lowest BCUT2D eigenvalue weighted by molar-refractivity contribution is 0.0696. The summed E-state index contributed by atoms with van der Waals surface area (Å²) in [6.07, 6.45) is 0.735. The van der Waals surface area contributed by atoms with E-state index in [0.29, 0.717) is 6.54 Å². The molecule has 0 bridgehead atoms. The van der Waals surface area contributed by atoms with E-state index in [1.807, 2.05) is 13.8 Å². The molecule has 106 valence electrons. The molecule has 0 unspecified atom stereocenters. The molecule has 1 aromatic carbocycles. The Labute approximate surface area is 120 Å². The fourth-order valence-electron chi connectivity index (χ4n) is 1.82. The zero-order valence-electron chi connectivity index (χ0n) is 11.3. The monoisotopic (exact) mass is 333 g/mol. The lowest BCUT2D eigenvalue weighted by atomic mass is 10.1. The molecule has 0 saturated heterocycles. The van der Waals surface area contributed by atoms with Gasteiger partial charge >= 0.3 is 0 Å². The molecule has 0 aliphatic carbocycles. The number of hydrogen-bond acceptors (Lipinski definition) is 1. The van der Waals surface area contributed by atoms with Crippen molar-refractivity contribution in [2.75, 3.05) is 11.9 Å². The highest BCUT2D eigenvalue weighted by Crippen LogP contribution is 2.19. The summed E-state index contributed by atoms with van der Waals surface area (Å²) in [5.41, 5.74) is -0.183. The van der Waals surface area contributed by atoms with Crippen LogP contribution in [0.15, 0.2) is 12.1 Å². The Morgan fingerprint density at radius 2 is 2.00 bits per heavy atom. The van der Waals surface area contributed by atoms with Gasteiger partial charge in [0.1, 0.15) is 17.2 Å². The van der Waals surface area contributed by atoms with Crippen LogP contribution >= 0.6 is 15.9 Å². The lowest BCUT2D eigenvalue weighted by Crippen LogP contribution is -2.39. The molecule has 0 radical (unpaired) electrons. The molecule has 0 atom stereocenters. The van der Waals surface area contributed by atoms with E-state index in [2.05, 4.69) is 15.9 Å². The molecule has 1 aromatic rings. The molecule has 0 aromatic heterocycles. The maximum atomic E-state index is 14.0. The van der Waals surface area contributed by atoms with Gasteiger partial charge in [-0.3, -0.25) is 4.79 Å². The minimum Gasteiger partial charge on any atom is -0.336 e. The summed E-state index contributed by atoms with van der Waals surface area (Å²) in [4.78, 5) is 13.8. The number of amides is 1. The fraction of sp³-hybridized carbons (Fsp3) is 0.500. The molecule has 0 spiro atoms. The molecule has 0 fully saturated rings. The van der Waals surface area contributed by atoms with Crippen LogP contribution in [0.3, 0.4) is 0 Å². The third-order valence-corrected chi connectivity index (χ3v) is 3.48. The quantitative estimate of drug-likeness (QED) is 0.748. The average molecular weight is 334 g/mol. The Morgan fingerprint density at radius 3 is 2.53 bits per heavy atom. The van der Waals surface area contributed by atoms with Crippen LogP contribution in [0.4, 0.5) is 8.78 Å². The maximum absolute atomic E-state index is 14.0. The summed E-state index contributed by atoms with van der Waals surface area (Å²) in [5, 5.41) is 0.738. The molecule has 1 amide bonds. The fourth-order valence-corrected chi connectivity index (χ4v) is 2.07. The average Bonchev–Trinajstić information content (AvgIpc) is 2.34. The number of carbonyl (C=O) groups is 1. The van der Waals surface area contributed by atoms with Crippen LogP contribution in [-0.2, 0) is 0 Å². The molecule has 2 nitrogen and oxygen atoms in total. The zero-order valence-corrected chi connectivity index (χ0v) is 12.9. The highest BCUT2D eigenvalue weighted by molar-refractivity contribution is 9.09. The van der Waals surface area contributed by atoms with Crippen LogP contribution < -0.4 is 0 Å². The normalized spacial score (nSPS) is 10.9. The van der Waals surface area contributed by atoms with Gasteiger partial charge in [-0.2, -0.15) is 0 Å². The minimum atomic E-state index is -0.808. The molecule has 19 heavy (non-hydrogen) atoms. The Bertz CT molecular complexity index is 463. The van der Waals surface area contributed by atoms with Gasteiger partial charge in [0.05, 0.1) is 0 Å². The van der Waals surface area contributed by atoms with E-state index in [1.54, 1.807) is 0 Å². The standard InChI is InChI=1S/C14H18BrF2NO/c1-9(2)18(8-4-7-15)14(19)12-11(16)6-5-10(3)13(12)17/h5-6,9H,4,7-8H2,1-3H3. The predicted octanol–water partition coefficient (Wildman–Crippen LogP) is 3.91. The number of benzene rings is 1. The predicted molar refractivity (Wildman–Crippen MR) is 75.7 cm³/mol. The van der Waals surface area contributed by atoms with Gasteiger partial charge in [0, 0.05) is 17.9 Å². The van der Waals surface area contributed by atoms with Gasteiger partial charge in [-0.25, -0.2) is 8.78 Å². The number of hydrogen-bond donors (Lipinski definition) is 0. The second-order valence-electron chi connectivity index (χ2n) is 4.69. The second-order valence-corrected chi connectivity index (χ2v) is 5.48. The van der Waals surface area contributed by atoms with Crippen molar-refractivity contribution >= 4 is 21.8 Å². The lowest BCUT2D eigenvalue weighted by Gasteiger charge is -2.27. The molecule has 1 rings (SSSR count). The summed E-state index contributed by atoms with van der Waals surface area (Å²) < 4.78 is 27.7. The van der Waals surface area contributed by atoms with Crippen molar-refractivity contribution < 1.29 is 13.6 Å². The topological polar surface area (TPSA) is 20.3 Å². The molecule has 0 heterocycles. The van der Waals surface area contributed by atoms with Crippen molar-refractivity contribution in [3.8, 4) is 0 Å². The molecule has 5 heteroatoms. The molecule has 0 N–H and O–H groups in total. The number of nitrogens with zero attached hydrogens (tertiary/aromatic N) is 1. The smallest absolute Gasteiger partial charge is 0.260 e. The van der Waals surface area contributed by atoms with Crippen LogP contribution in [0.25, 0.3) is 0 Å². The van der Waals surface area contributed by atoms with E-state index in [0.717, 1.165) is 17.8 Å². The Hall–Kier alpha value is -0.970. The summed E-state index contributed by atoms with van der Waals surface area (Å²) >= 11 is 3.29. The summed E-state index contributed by atoms with van der Waals surface area (Å²) in [6.45, 7) is 5.65. The molecular formula is C14H18BrF2NO. The van der Waals surface area contributed by atoms with Crippen molar-refractivity contribution in [3.63, 3.8) is 0 Å². The molecule has 0 saturated carbocycles. The van der Waals surface area contributed by atoms with Crippen LogP contribution in [0, 0.1) is 18.6 Å². The van der Waals surface area contributed by atoms with Gasteiger partial charge in [0.15, 0.2) is 0 Å². The van der Waals surface area contributed by atoms with Crippen LogP contribution in [0.1, 0.15) is 36.2 Å². The van der Waals surface area contributed by atoms with E-state index in [4.69, 9.17) is 0 Å². The van der Waals surface area contributed by atoms with Gasteiger partial charge in [0.25, 0.3) is 5.91 Å². The third-order valence-electron chi connectivity index (χ3n) is 2.91. The highest BCUT2D eigenvalue weighted by atomic mass is 79.9. The molecular weight excluding hydrogens is 316 g/mol. The van der Waals surface area contributed by atoms with E-state index in [1.165, 1.54) is 17.9 Å². The first-order chi connectivity index (χ1) is 8.90. The van der Waals surface area contributed by atoms with Crippen molar-refractivity contribution in [2.45, 2.75) is 33.2 Å². The SMILES string of the molecule is Cc1ccc(F)c(C(=O)N(CCCBr)C(C)C)c1F. The maximum Gasteiger partial charge on any atom is 0.260 e. The zero-order chi connectivity index (χ0) is 14.6. The van der Waals surface area contributed by atoms with E-state index < -0.39 is 23.1 Å². The van der Waals surface area contributed by atoms with Crippen LogP contribution in [0.2, 0.25) is 0 Å². The van der Waals surface area contributed by atoms with Crippen molar-refractivity contribution in [1.82, 2.24) is 4.90 Å². The first-order valence-electron chi connectivity index (χ1n) is 6.21. The largest absolute Gasteiger partial charge is 0.336 e. The number of alkyl halides is 1. The number of halogens is 3. The van der Waals surface area contributed by atoms with Crippen LogP contribution in [-0.4, -0.2) is 28.7 Å². The summed E-state index contributed by atoms with van der Waals surface area (Å²) in [5.74, 6) is -2.17. The number of rotatable bonds is 5. The number of carbonyl (C=O) groups excluding carboxylic acids is 1. The van der Waals surface area contributed by atoms with Gasteiger partial charge in [-0.1, -0.05) is 22.0 Å². The first kappa shape index (κ1) is 16.1. The summed E-state index contributed by atoms with van der Waals surface area (Å²) in [7, 11) is 0. The van der Waals surface area contributed by atoms with Crippen molar-refractivity contribution in [1.29, 1.82) is 0 Å². The second kappa shape index (κ2) is 6.98. The van der Waals surface area contributed by atoms with E-state index in [9.17, 15) is 13.6 Å². The van der Waals surface area contributed by atoms with Crippen LogP contribution in [0.5, 0.6) is 0 Å². The van der Waals surface area contributed by atoms with Crippen molar-refractivity contribution in [2.24, 2.45) is 0 Å². The number of aryl methyl sites for hydroxylation is 1. The highest BCUT2D eigenvalue weighted by Gasteiger charge is 2.25. The first-order valence-corrected chi connectivity index (χ1v) is 7.33. The minimum absolute atomic E-state index is 0.106. The van der Waals surface area contributed by atoms with E-state index >= 15 is 0 Å². The molecule has 0 aliphatic heterocycles. The summed E-state index contributed by atoms with van der Waals surface area (Å²) in [6, 6.07) is 2.36. The Kier molecular flexibility index (Phi) is 5.91. The van der Waals surface area contributed by atoms with Gasteiger partial charge < -0.3 is 4.90 Å². The molecule has 0 aliphatic rings. The Balaban J connectivity index is 3.13. The van der Waals surface area contributed by atoms with Gasteiger partial charge in [0.2, 0.25) is 0 Å². The van der Waals surface area contributed by atoms with Gasteiger partial charge in [-0.15, -0.1) is 0 Å². The van der Waals surface area contributed by atoms with Gasteiger partial charge in [-0.05, 0) is 38.8 Å². The van der Waals surface area contributed by atoms with Crippen molar-refractivity contribution in [3.05, 3.63) is 34.9 Å². The Morgan fingerprint density at radius 1 is 1.37 bits per heavy atom.